The molecule has 6 heteroatoms. The molecule has 2 aromatic rings. The quantitative estimate of drug-likeness (QED) is 0.902. The molecule has 1 unspecified atom stereocenters. The molecule has 110 valence electrons. The lowest BCUT2D eigenvalue weighted by molar-refractivity contribution is -0.131. The largest absolute Gasteiger partial charge is 0.382 e. The maximum Gasteiger partial charge on any atom is 0.264 e. The van der Waals surface area contributed by atoms with Crippen molar-refractivity contribution >= 4 is 22.7 Å². The van der Waals surface area contributed by atoms with Gasteiger partial charge < -0.3 is 15.1 Å². The number of benzene rings is 1. The number of H-pyrrole nitrogens is 1. The highest BCUT2D eigenvalue weighted by atomic mass is 16.6. The summed E-state index contributed by atoms with van der Waals surface area (Å²) in [5, 5.41) is 6.85. The fourth-order valence-electron chi connectivity index (χ4n) is 2.27. The van der Waals surface area contributed by atoms with E-state index in [9.17, 15) is 4.79 Å². The van der Waals surface area contributed by atoms with Gasteiger partial charge in [0, 0.05) is 13.0 Å². The van der Waals surface area contributed by atoms with Crippen molar-refractivity contribution in [2.45, 2.75) is 32.9 Å². The summed E-state index contributed by atoms with van der Waals surface area (Å²) in [6.45, 7) is 4.55. The summed E-state index contributed by atoms with van der Waals surface area (Å²) >= 11 is 0. The van der Waals surface area contributed by atoms with Crippen LogP contribution in [0.1, 0.15) is 25.8 Å². The third-order valence-electron chi connectivity index (χ3n) is 3.60. The third-order valence-corrected chi connectivity index (χ3v) is 3.60. The minimum absolute atomic E-state index is 0.126. The van der Waals surface area contributed by atoms with E-state index >= 15 is 0 Å². The van der Waals surface area contributed by atoms with Crippen LogP contribution in [0.3, 0.4) is 0 Å². The zero-order valence-corrected chi connectivity index (χ0v) is 12.1. The molecule has 1 aliphatic heterocycles. The van der Waals surface area contributed by atoms with Crippen LogP contribution in [0.4, 0.5) is 0 Å². The van der Waals surface area contributed by atoms with E-state index in [1.54, 1.807) is 6.33 Å². The molecule has 1 aromatic heterocycles. The number of carbonyl (C=O) groups is 1. The van der Waals surface area contributed by atoms with Crippen molar-refractivity contribution in [3.05, 3.63) is 30.1 Å². The molecule has 6 nitrogen and oxygen atoms in total. The zero-order chi connectivity index (χ0) is 14.8. The Morgan fingerprint density at radius 2 is 2.38 bits per heavy atom. The van der Waals surface area contributed by atoms with Crippen LogP contribution in [0.25, 0.3) is 11.0 Å². The van der Waals surface area contributed by atoms with Gasteiger partial charge in [0.25, 0.3) is 5.91 Å². The van der Waals surface area contributed by atoms with Crippen LogP contribution in [-0.4, -0.2) is 27.7 Å². The first-order valence-corrected chi connectivity index (χ1v) is 7.06. The van der Waals surface area contributed by atoms with Crippen molar-refractivity contribution in [3.8, 4) is 0 Å². The Kier molecular flexibility index (Phi) is 3.60. The van der Waals surface area contributed by atoms with Crippen molar-refractivity contribution in [2.75, 3.05) is 0 Å². The van der Waals surface area contributed by atoms with Gasteiger partial charge >= 0.3 is 0 Å². The molecule has 0 saturated heterocycles. The summed E-state index contributed by atoms with van der Waals surface area (Å²) in [5.41, 5.74) is 3.83. The standard InChI is InChI=1S/C15H18N4O2/c1-9(2)12-6-14(21-19-12)15(20)16-7-10-3-4-11-13(5-10)18-8-17-11/h3-5,8-9,14H,6-7H2,1-2H3,(H,16,20)(H,17,18). The molecular weight excluding hydrogens is 268 g/mol. The monoisotopic (exact) mass is 286 g/mol. The number of aromatic nitrogens is 2. The first kappa shape index (κ1) is 13.6. The number of amides is 1. The predicted octanol–water partition coefficient (Wildman–Crippen LogP) is 1.98. The number of aromatic amines is 1. The second kappa shape index (κ2) is 5.55. The number of rotatable bonds is 4. The average Bonchev–Trinajstić information content (AvgIpc) is 3.12. The Morgan fingerprint density at radius 1 is 1.52 bits per heavy atom. The van der Waals surface area contributed by atoms with E-state index in [0.717, 1.165) is 22.3 Å². The lowest BCUT2D eigenvalue weighted by Crippen LogP contribution is -2.34. The SMILES string of the molecule is CC(C)C1=NOC(C(=O)NCc2ccc3nc[nH]c3c2)C1. The maximum atomic E-state index is 12.1. The van der Waals surface area contributed by atoms with Crippen LogP contribution in [0.15, 0.2) is 29.7 Å². The number of hydrogen-bond acceptors (Lipinski definition) is 4. The third kappa shape index (κ3) is 2.89. The number of nitrogens with zero attached hydrogens (tertiary/aromatic N) is 2. The van der Waals surface area contributed by atoms with Crippen LogP contribution >= 0.6 is 0 Å². The van der Waals surface area contributed by atoms with Gasteiger partial charge in [-0.1, -0.05) is 25.1 Å². The Bertz CT molecular complexity index is 690. The summed E-state index contributed by atoms with van der Waals surface area (Å²) in [5.74, 6) is 0.185. The van der Waals surface area contributed by atoms with E-state index in [-0.39, 0.29) is 5.91 Å². The fourth-order valence-corrected chi connectivity index (χ4v) is 2.27. The Hall–Kier alpha value is -2.37. The van der Waals surface area contributed by atoms with Crippen molar-refractivity contribution in [1.29, 1.82) is 0 Å². The van der Waals surface area contributed by atoms with Crippen LogP contribution < -0.4 is 5.32 Å². The summed E-state index contributed by atoms with van der Waals surface area (Å²) in [4.78, 5) is 24.5. The van der Waals surface area contributed by atoms with Gasteiger partial charge in [-0.25, -0.2) is 4.98 Å². The smallest absolute Gasteiger partial charge is 0.264 e. The molecule has 0 radical (unpaired) electrons. The normalized spacial score (nSPS) is 17.9. The molecule has 2 N–H and O–H groups in total. The van der Waals surface area contributed by atoms with Gasteiger partial charge in [0.1, 0.15) is 0 Å². The molecule has 2 heterocycles. The number of carbonyl (C=O) groups excluding carboxylic acids is 1. The van der Waals surface area contributed by atoms with E-state index in [0.29, 0.717) is 18.9 Å². The van der Waals surface area contributed by atoms with Gasteiger partial charge in [0.2, 0.25) is 6.10 Å². The summed E-state index contributed by atoms with van der Waals surface area (Å²) in [7, 11) is 0. The number of hydrogen-bond donors (Lipinski definition) is 2. The lowest BCUT2D eigenvalue weighted by atomic mass is 10.0. The van der Waals surface area contributed by atoms with Gasteiger partial charge in [-0.2, -0.15) is 0 Å². The molecule has 0 bridgehead atoms. The molecule has 1 aliphatic rings. The fraction of sp³-hybridized carbons (Fsp3) is 0.400. The van der Waals surface area contributed by atoms with Crippen LogP contribution in [0.2, 0.25) is 0 Å². The highest BCUT2D eigenvalue weighted by Crippen LogP contribution is 2.16. The highest BCUT2D eigenvalue weighted by molar-refractivity contribution is 5.93. The Morgan fingerprint density at radius 3 is 3.14 bits per heavy atom. The molecule has 0 aliphatic carbocycles. The van der Waals surface area contributed by atoms with Crippen LogP contribution in [0.5, 0.6) is 0 Å². The van der Waals surface area contributed by atoms with Crippen molar-refractivity contribution < 1.29 is 9.63 Å². The van der Waals surface area contributed by atoms with E-state index in [4.69, 9.17) is 4.84 Å². The minimum Gasteiger partial charge on any atom is -0.382 e. The molecule has 0 saturated carbocycles. The van der Waals surface area contributed by atoms with Crippen molar-refractivity contribution in [2.24, 2.45) is 11.1 Å². The average molecular weight is 286 g/mol. The molecule has 1 atom stereocenters. The van der Waals surface area contributed by atoms with Gasteiger partial charge in [-0.15, -0.1) is 0 Å². The number of oxime groups is 1. The summed E-state index contributed by atoms with van der Waals surface area (Å²) in [6, 6.07) is 5.86. The first-order chi connectivity index (χ1) is 10.1. The number of imidazole rings is 1. The van der Waals surface area contributed by atoms with E-state index < -0.39 is 6.10 Å². The first-order valence-electron chi connectivity index (χ1n) is 7.06. The molecule has 0 fully saturated rings. The molecule has 3 rings (SSSR count). The summed E-state index contributed by atoms with van der Waals surface area (Å²) < 4.78 is 0. The second-order valence-electron chi connectivity index (χ2n) is 5.51. The topological polar surface area (TPSA) is 79.4 Å². The molecular formula is C15H18N4O2. The lowest BCUT2D eigenvalue weighted by Gasteiger charge is -2.10. The van der Waals surface area contributed by atoms with Gasteiger partial charge in [0.15, 0.2) is 0 Å². The number of nitrogens with one attached hydrogen (secondary N) is 2. The Labute approximate surface area is 122 Å². The number of fused-ring (bicyclic) bond motifs is 1. The minimum atomic E-state index is -0.502. The van der Waals surface area contributed by atoms with Crippen LogP contribution in [0, 0.1) is 5.92 Å². The van der Waals surface area contributed by atoms with Gasteiger partial charge in [-0.05, 0) is 23.6 Å². The van der Waals surface area contributed by atoms with Gasteiger partial charge in [0.05, 0.1) is 23.1 Å². The van der Waals surface area contributed by atoms with E-state index in [1.807, 2.05) is 32.0 Å². The predicted molar refractivity (Wildman–Crippen MR) is 79.7 cm³/mol. The summed E-state index contributed by atoms with van der Waals surface area (Å²) in [6.07, 6.45) is 1.73. The molecule has 1 aromatic carbocycles. The Balaban J connectivity index is 1.56. The van der Waals surface area contributed by atoms with Crippen LogP contribution in [-0.2, 0) is 16.2 Å². The zero-order valence-electron chi connectivity index (χ0n) is 12.1. The maximum absolute atomic E-state index is 12.1. The molecule has 0 spiro atoms. The van der Waals surface area contributed by atoms with Crippen molar-refractivity contribution in [1.82, 2.24) is 15.3 Å². The highest BCUT2D eigenvalue weighted by Gasteiger charge is 2.28. The van der Waals surface area contributed by atoms with E-state index in [1.165, 1.54) is 0 Å². The molecule has 1 amide bonds. The second-order valence-corrected chi connectivity index (χ2v) is 5.51. The van der Waals surface area contributed by atoms with E-state index in [2.05, 4.69) is 20.4 Å². The van der Waals surface area contributed by atoms with Crippen molar-refractivity contribution in [3.63, 3.8) is 0 Å². The van der Waals surface area contributed by atoms with Gasteiger partial charge in [-0.3, -0.25) is 4.79 Å². The molecule has 21 heavy (non-hydrogen) atoms.